The Morgan fingerprint density at radius 3 is 2.26 bits per heavy atom. The van der Waals surface area contributed by atoms with Crippen molar-refractivity contribution in [3.8, 4) is 5.75 Å². The lowest BCUT2D eigenvalue weighted by atomic mass is 10.3. The summed E-state index contributed by atoms with van der Waals surface area (Å²) in [5.41, 5.74) is 0.346. The van der Waals surface area contributed by atoms with Crippen molar-refractivity contribution in [1.29, 1.82) is 0 Å². The molecule has 1 rings (SSSR count). The third-order valence-corrected chi connectivity index (χ3v) is 6.99. The first kappa shape index (κ1) is 23.2. The van der Waals surface area contributed by atoms with E-state index in [9.17, 15) is 18.0 Å². The third-order valence-electron chi connectivity index (χ3n) is 4.19. The van der Waals surface area contributed by atoms with Gasteiger partial charge in [-0.25, -0.2) is 8.42 Å². The number of nitrogens with one attached hydrogen (secondary N) is 1. The molecule has 9 heteroatoms. The molecule has 2 amide bonds. The molecule has 1 atom stereocenters. The Balaban J connectivity index is 2.78. The van der Waals surface area contributed by atoms with E-state index in [1.165, 1.54) is 39.0 Å². The average molecular weight is 419 g/mol. The van der Waals surface area contributed by atoms with Crippen molar-refractivity contribution in [2.75, 3.05) is 25.0 Å². The summed E-state index contributed by atoms with van der Waals surface area (Å²) in [7, 11) is -3.56. The molecular weight excluding hydrogens is 392 g/mol. The summed E-state index contributed by atoms with van der Waals surface area (Å²) in [5.74, 6) is -0.482. The van der Waals surface area contributed by atoms with Gasteiger partial charge in [-0.2, -0.15) is 0 Å². The normalized spacial score (nSPS) is 12.6. The van der Waals surface area contributed by atoms with Crippen molar-refractivity contribution in [2.24, 2.45) is 0 Å². The fraction of sp³-hybridized carbons (Fsp3) is 0.556. The molecule has 7 nitrogen and oxygen atoms in total. The molecule has 1 aromatic rings. The van der Waals surface area contributed by atoms with Gasteiger partial charge in [-0.1, -0.05) is 11.6 Å². The summed E-state index contributed by atoms with van der Waals surface area (Å²) in [6.07, 6.45) is 0. The molecule has 27 heavy (non-hydrogen) atoms. The number of hydrogen-bond donors (Lipinski definition) is 1. The van der Waals surface area contributed by atoms with Gasteiger partial charge in [0.1, 0.15) is 11.0 Å². The molecule has 0 heterocycles. The predicted molar refractivity (Wildman–Crippen MR) is 107 cm³/mol. The molecule has 0 saturated heterocycles. The van der Waals surface area contributed by atoms with Crippen LogP contribution in [0.4, 0.5) is 5.69 Å². The third kappa shape index (κ3) is 6.10. The van der Waals surface area contributed by atoms with E-state index in [1.54, 1.807) is 4.90 Å². The maximum absolute atomic E-state index is 12.2. The minimum Gasteiger partial charge on any atom is -0.482 e. The second kappa shape index (κ2) is 9.94. The molecule has 152 valence electrons. The number of anilines is 1. The Morgan fingerprint density at radius 2 is 1.78 bits per heavy atom. The van der Waals surface area contributed by atoms with Crippen molar-refractivity contribution in [3.05, 3.63) is 23.2 Å². The SMILES string of the molecule is CCN(CC)C(=O)COc1ccc(NC(=O)C(C)S(=O)(=O)C(C)C)cc1Cl. The van der Waals surface area contributed by atoms with Gasteiger partial charge in [0.05, 0.1) is 10.3 Å². The molecule has 0 aliphatic rings. The van der Waals surface area contributed by atoms with Crippen molar-refractivity contribution < 1.29 is 22.7 Å². The average Bonchev–Trinajstić information content (AvgIpc) is 2.61. The molecule has 0 saturated carbocycles. The predicted octanol–water partition coefficient (Wildman–Crippen LogP) is 2.74. The maximum atomic E-state index is 12.2. The van der Waals surface area contributed by atoms with Crippen LogP contribution in [0, 0.1) is 0 Å². The zero-order chi connectivity index (χ0) is 20.8. The van der Waals surface area contributed by atoms with Crippen LogP contribution in [0.1, 0.15) is 34.6 Å². The minimum absolute atomic E-state index is 0.142. The van der Waals surface area contributed by atoms with Crippen LogP contribution in [-0.2, 0) is 19.4 Å². The van der Waals surface area contributed by atoms with E-state index in [4.69, 9.17) is 16.3 Å². The van der Waals surface area contributed by atoms with E-state index in [-0.39, 0.29) is 17.5 Å². The second-order valence-electron chi connectivity index (χ2n) is 6.27. The second-order valence-corrected chi connectivity index (χ2v) is 9.50. The summed E-state index contributed by atoms with van der Waals surface area (Å²) in [6, 6.07) is 4.51. The first-order valence-corrected chi connectivity index (χ1v) is 10.8. The van der Waals surface area contributed by atoms with Crippen LogP contribution in [0.15, 0.2) is 18.2 Å². The lowest BCUT2D eigenvalue weighted by Gasteiger charge is -2.19. The number of halogens is 1. The van der Waals surface area contributed by atoms with Gasteiger partial charge < -0.3 is 15.0 Å². The van der Waals surface area contributed by atoms with Gasteiger partial charge in [-0.15, -0.1) is 0 Å². The number of sulfone groups is 1. The van der Waals surface area contributed by atoms with E-state index < -0.39 is 26.2 Å². The fourth-order valence-corrected chi connectivity index (χ4v) is 3.71. The molecule has 0 aromatic heterocycles. The monoisotopic (exact) mass is 418 g/mol. The van der Waals surface area contributed by atoms with Gasteiger partial charge in [0.25, 0.3) is 5.91 Å². The molecular formula is C18H27ClN2O5S. The molecule has 0 aliphatic carbocycles. The van der Waals surface area contributed by atoms with E-state index in [2.05, 4.69) is 5.32 Å². The number of carbonyl (C=O) groups excluding carboxylic acids is 2. The van der Waals surface area contributed by atoms with Gasteiger partial charge >= 0.3 is 0 Å². The number of likely N-dealkylation sites (N-methyl/N-ethyl adjacent to an activating group) is 1. The summed E-state index contributed by atoms with van der Waals surface area (Å²) >= 11 is 6.14. The van der Waals surface area contributed by atoms with Crippen molar-refractivity contribution >= 4 is 38.9 Å². The first-order chi connectivity index (χ1) is 12.5. The minimum atomic E-state index is -3.56. The molecule has 1 aromatic carbocycles. The van der Waals surface area contributed by atoms with Gasteiger partial charge in [0.15, 0.2) is 16.4 Å². The van der Waals surface area contributed by atoms with Crippen LogP contribution in [0.25, 0.3) is 0 Å². The molecule has 1 N–H and O–H groups in total. The molecule has 0 bridgehead atoms. The zero-order valence-electron chi connectivity index (χ0n) is 16.3. The number of carbonyl (C=O) groups is 2. The summed E-state index contributed by atoms with van der Waals surface area (Å²) in [6.45, 7) is 9.21. The summed E-state index contributed by atoms with van der Waals surface area (Å²) in [5, 5.41) is 0.913. The zero-order valence-corrected chi connectivity index (χ0v) is 17.9. The fourth-order valence-electron chi connectivity index (χ4n) is 2.30. The number of benzene rings is 1. The molecule has 0 aliphatic heterocycles. The Morgan fingerprint density at radius 1 is 1.19 bits per heavy atom. The van der Waals surface area contributed by atoms with Crippen LogP contribution >= 0.6 is 11.6 Å². The quantitative estimate of drug-likeness (QED) is 0.665. The topological polar surface area (TPSA) is 92.8 Å². The number of ether oxygens (including phenoxy) is 1. The van der Waals surface area contributed by atoms with Gasteiger partial charge in [0.2, 0.25) is 5.91 Å². The Kier molecular flexibility index (Phi) is 8.56. The van der Waals surface area contributed by atoms with Crippen molar-refractivity contribution in [1.82, 2.24) is 4.90 Å². The lowest BCUT2D eigenvalue weighted by molar-refractivity contribution is -0.133. The highest BCUT2D eigenvalue weighted by molar-refractivity contribution is 7.93. The number of rotatable bonds is 9. The van der Waals surface area contributed by atoms with Gasteiger partial charge in [0, 0.05) is 18.8 Å². The van der Waals surface area contributed by atoms with Crippen LogP contribution in [0.3, 0.4) is 0 Å². The van der Waals surface area contributed by atoms with Crippen LogP contribution in [0.2, 0.25) is 5.02 Å². The van der Waals surface area contributed by atoms with E-state index >= 15 is 0 Å². The number of nitrogens with zero attached hydrogens (tertiary/aromatic N) is 1. The highest BCUT2D eigenvalue weighted by Gasteiger charge is 2.30. The van der Waals surface area contributed by atoms with Crippen LogP contribution in [-0.4, -0.2) is 55.3 Å². The van der Waals surface area contributed by atoms with E-state index in [0.717, 1.165) is 0 Å². The number of hydrogen-bond acceptors (Lipinski definition) is 5. The van der Waals surface area contributed by atoms with Gasteiger partial charge in [-0.05, 0) is 52.8 Å². The van der Waals surface area contributed by atoms with Crippen LogP contribution in [0.5, 0.6) is 5.75 Å². The molecule has 0 fully saturated rings. The maximum Gasteiger partial charge on any atom is 0.260 e. The standard InChI is InChI=1S/C18H27ClN2O5S/c1-6-21(7-2)17(22)11-26-16-9-8-14(10-15(16)19)20-18(23)13(5)27(24,25)12(3)4/h8-10,12-13H,6-7,11H2,1-5H3,(H,20,23). The summed E-state index contributed by atoms with van der Waals surface area (Å²) in [4.78, 5) is 25.8. The van der Waals surface area contributed by atoms with Crippen LogP contribution < -0.4 is 10.1 Å². The Bertz CT molecular complexity index is 776. The molecule has 0 spiro atoms. The van der Waals surface area contributed by atoms with Crippen molar-refractivity contribution in [2.45, 2.75) is 45.1 Å². The number of amides is 2. The highest BCUT2D eigenvalue weighted by atomic mass is 35.5. The smallest absolute Gasteiger partial charge is 0.260 e. The highest BCUT2D eigenvalue weighted by Crippen LogP contribution is 2.28. The molecule has 0 radical (unpaired) electrons. The lowest BCUT2D eigenvalue weighted by Crippen LogP contribution is -2.36. The largest absolute Gasteiger partial charge is 0.482 e. The van der Waals surface area contributed by atoms with Crippen molar-refractivity contribution in [3.63, 3.8) is 0 Å². The Hall–Kier alpha value is -1.80. The first-order valence-electron chi connectivity index (χ1n) is 8.78. The van der Waals surface area contributed by atoms with Gasteiger partial charge in [-0.3, -0.25) is 9.59 Å². The van der Waals surface area contributed by atoms with E-state index in [0.29, 0.717) is 24.5 Å². The van der Waals surface area contributed by atoms with E-state index in [1.807, 2.05) is 13.8 Å². The Labute approximate surface area is 165 Å². The summed E-state index contributed by atoms with van der Waals surface area (Å²) < 4.78 is 29.6. The molecule has 1 unspecified atom stereocenters.